The number of H-pyrrole nitrogens is 1. The summed E-state index contributed by atoms with van der Waals surface area (Å²) >= 11 is 0. The number of nitrogens with one attached hydrogen (secondary N) is 1. The predicted molar refractivity (Wildman–Crippen MR) is 88.2 cm³/mol. The van der Waals surface area contributed by atoms with Crippen LogP contribution in [-0.2, 0) is 14.2 Å². The van der Waals surface area contributed by atoms with Crippen LogP contribution in [0, 0.1) is 0 Å². The monoisotopic (exact) mass is 375 g/mol. The number of ether oxygens (including phenoxy) is 3. The summed E-state index contributed by atoms with van der Waals surface area (Å²) in [4.78, 5) is 25.5. The van der Waals surface area contributed by atoms with Gasteiger partial charge >= 0.3 is 0 Å². The van der Waals surface area contributed by atoms with Gasteiger partial charge < -0.3 is 24.3 Å². The average molecular weight is 375 g/mol. The Morgan fingerprint density at radius 1 is 1.37 bits per heavy atom. The molecular weight excluding hydrogens is 358 g/mol. The van der Waals surface area contributed by atoms with Gasteiger partial charge in [0.05, 0.1) is 19.3 Å². The van der Waals surface area contributed by atoms with E-state index < -0.39 is 36.6 Å². The molecule has 0 unspecified atom stereocenters. The molecule has 0 radical (unpaired) electrons. The molecule has 3 aliphatic rings. The average Bonchev–Trinajstić information content (AvgIpc) is 3.42. The highest BCUT2D eigenvalue weighted by Gasteiger charge is 2.65. The zero-order valence-electron chi connectivity index (χ0n) is 14.2. The lowest BCUT2D eigenvalue weighted by molar-refractivity contribution is -0.237. The predicted octanol–water partition coefficient (Wildman–Crippen LogP) is 0.702. The Bertz CT molecular complexity index is 992. The van der Waals surface area contributed by atoms with Gasteiger partial charge in [0.25, 0.3) is 5.56 Å². The van der Waals surface area contributed by atoms with E-state index in [1.807, 2.05) is 0 Å². The molecule has 5 rings (SSSR count). The number of imidazole rings is 1. The fraction of sp³-hybridized carbons (Fsp3) is 0.667. The zero-order valence-corrected chi connectivity index (χ0v) is 14.2. The van der Waals surface area contributed by atoms with E-state index in [4.69, 9.17) is 19.7 Å². The molecule has 0 bridgehead atoms. The molecule has 12 nitrogen and oxygen atoms in total. The number of hydrogen-bond acceptors (Lipinski definition) is 8. The van der Waals surface area contributed by atoms with Gasteiger partial charge in [-0.1, -0.05) is 5.11 Å². The van der Waals surface area contributed by atoms with Crippen molar-refractivity contribution in [2.45, 2.75) is 55.6 Å². The van der Waals surface area contributed by atoms with Gasteiger partial charge in [-0.3, -0.25) is 9.36 Å². The lowest BCUT2D eigenvalue weighted by atomic mass is 10.1. The first-order valence-electron chi connectivity index (χ1n) is 8.72. The fourth-order valence-corrected chi connectivity index (χ4v) is 4.26. The fourth-order valence-electron chi connectivity index (χ4n) is 4.26. The van der Waals surface area contributed by atoms with E-state index in [0.717, 1.165) is 12.8 Å². The van der Waals surface area contributed by atoms with E-state index >= 15 is 0 Å². The lowest BCUT2D eigenvalue weighted by Gasteiger charge is -2.30. The Morgan fingerprint density at radius 2 is 2.19 bits per heavy atom. The first kappa shape index (κ1) is 16.7. The normalized spacial score (nSPS) is 34.2. The lowest BCUT2D eigenvalue weighted by Crippen LogP contribution is -2.44. The summed E-state index contributed by atoms with van der Waals surface area (Å²) in [5.74, 6) is -0.774. The van der Waals surface area contributed by atoms with Crippen molar-refractivity contribution in [3.63, 3.8) is 0 Å². The van der Waals surface area contributed by atoms with Crippen molar-refractivity contribution in [3.05, 3.63) is 33.5 Å². The SMILES string of the molecule is [N-]=[N+]=N[C@]1(CO)O[C@@H](n2cnc3c(=O)[nH]cnc32)[C@@H]2OC3(CCCC3)O[C@@H]21. The third-order valence-electron chi connectivity index (χ3n) is 5.49. The summed E-state index contributed by atoms with van der Waals surface area (Å²) < 4.78 is 19.9. The van der Waals surface area contributed by atoms with Crippen LogP contribution in [0.15, 0.2) is 22.6 Å². The second-order valence-electron chi connectivity index (χ2n) is 7.00. The maximum Gasteiger partial charge on any atom is 0.278 e. The molecule has 2 saturated heterocycles. The number of fused-ring (bicyclic) bond motifs is 2. The molecule has 12 heteroatoms. The molecule has 1 saturated carbocycles. The van der Waals surface area contributed by atoms with Crippen LogP contribution < -0.4 is 5.56 Å². The van der Waals surface area contributed by atoms with Gasteiger partial charge in [0.15, 0.2) is 23.2 Å². The molecule has 142 valence electrons. The number of azide groups is 1. The van der Waals surface area contributed by atoms with E-state index in [1.54, 1.807) is 4.57 Å². The van der Waals surface area contributed by atoms with E-state index in [0.29, 0.717) is 18.5 Å². The van der Waals surface area contributed by atoms with Crippen LogP contribution in [0.2, 0.25) is 0 Å². The van der Waals surface area contributed by atoms with Gasteiger partial charge in [-0.2, -0.15) is 0 Å². The minimum atomic E-state index is -1.63. The highest BCUT2D eigenvalue weighted by Crippen LogP contribution is 2.53. The van der Waals surface area contributed by atoms with Crippen LogP contribution in [-0.4, -0.2) is 55.0 Å². The first-order chi connectivity index (χ1) is 13.1. The topological polar surface area (TPSA) is 160 Å². The molecule has 4 heterocycles. The number of aliphatic hydroxyl groups is 1. The van der Waals surface area contributed by atoms with Crippen LogP contribution in [0.25, 0.3) is 21.6 Å². The second-order valence-corrected chi connectivity index (χ2v) is 7.00. The minimum absolute atomic E-state index is 0.150. The van der Waals surface area contributed by atoms with Gasteiger partial charge in [0.2, 0.25) is 5.72 Å². The maximum absolute atomic E-state index is 11.9. The molecule has 1 aliphatic carbocycles. The standard InChI is InChI=1S/C15H17N7O5/c16-21-20-15(5-23)10-9(25-14(26-10)3-1-2-4-14)13(27-15)22-7-19-8-11(22)17-6-18-12(8)24/h6-7,9-10,13,23H,1-5H2,(H,17,18,24)/t9-,10+,13-,15-/m1/s1. The van der Waals surface area contributed by atoms with Gasteiger partial charge in [-0.15, -0.1) is 0 Å². The van der Waals surface area contributed by atoms with Crippen molar-refractivity contribution in [1.29, 1.82) is 0 Å². The molecule has 27 heavy (non-hydrogen) atoms. The smallest absolute Gasteiger partial charge is 0.278 e. The van der Waals surface area contributed by atoms with Crippen molar-refractivity contribution in [2.24, 2.45) is 5.11 Å². The van der Waals surface area contributed by atoms with Crippen molar-refractivity contribution < 1.29 is 19.3 Å². The largest absolute Gasteiger partial charge is 0.393 e. The molecule has 2 N–H and O–H groups in total. The van der Waals surface area contributed by atoms with Crippen LogP contribution in [0.4, 0.5) is 0 Å². The molecule has 2 aromatic heterocycles. The van der Waals surface area contributed by atoms with Crippen molar-refractivity contribution in [1.82, 2.24) is 19.5 Å². The zero-order chi connectivity index (χ0) is 18.6. The number of nitrogens with zero attached hydrogens (tertiary/aromatic N) is 6. The number of aromatic nitrogens is 4. The van der Waals surface area contributed by atoms with Crippen molar-refractivity contribution in [3.8, 4) is 0 Å². The third-order valence-corrected chi connectivity index (χ3v) is 5.49. The molecule has 2 aromatic rings. The van der Waals surface area contributed by atoms with Gasteiger partial charge in [0, 0.05) is 17.8 Å². The molecule has 1 spiro atoms. The summed E-state index contributed by atoms with van der Waals surface area (Å²) in [5.41, 5.74) is 7.46. The Kier molecular flexibility index (Phi) is 3.55. The van der Waals surface area contributed by atoms with Crippen molar-refractivity contribution >= 4 is 11.2 Å². The summed E-state index contributed by atoms with van der Waals surface area (Å²) in [5, 5.41) is 13.7. The highest BCUT2D eigenvalue weighted by molar-refractivity contribution is 5.68. The van der Waals surface area contributed by atoms with Gasteiger partial charge in [-0.25, -0.2) is 9.97 Å². The van der Waals surface area contributed by atoms with Crippen LogP contribution in [0.5, 0.6) is 0 Å². The summed E-state index contributed by atoms with van der Waals surface area (Å²) in [7, 11) is 0. The molecular formula is C15H17N7O5. The maximum atomic E-state index is 11.9. The Labute approximate surface area is 151 Å². The van der Waals surface area contributed by atoms with E-state index in [9.17, 15) is 9.90 Å². The summed E-state index contributed by atoms with van der Waals surface area (Å²) in [6.07, 6.45) is 3.77. The van der Waals surface area contributed by atoms with Crippen LogP contribution in [0.3, 0.4) is 0 Å². The van der Waals surface area contributed by atoms with E-state index in [-0.39, 0.29) is 11.1 Å². The number of hydrogen-bond donors (Lipinski definition) is 2. The Morgan fingerprint density at radius 3 is 2.93 bits per heavy atom. The van der Waals surface area contributed by atoms with Crippen LogP contribution in [0.1, 0.15) is 31.9 Å². The van der Waals surface area contributed by atoms with Gasteiger partial charge in [-0.05, 0) is 18.4 Å². The highest BCUT2D eigenvalue weighted by atomic mass is 16.8. The van der Waals surface area contributed by atoms with Gasteiger partial charge in [0.1, 0.15) is 12.2 Å². The number of aromatic amines is 1. The molecule has 0 aromatic carbocycles. The molecule has 2 aliphatic heterocycles. The quantitative estimate of drug-likeness (QED) is 0.453. The van der Waals surface area contributed by atoms with E-state index in [1.165, 1.54) is 12.7 Å². The summed E-state index contributed by atoms with van der Waals surface area (Å²) in [6, 6.07) is 0. The minimum Gasteiger partial charge on any atom is -0.393 e. The summed E-state index contributed by atoms with van der Waals surface area (Å²) in [6.45, 7) is -0.575. The van der Waals surface area contributed by atoms with E-state index in [2.05, 4.69) is 25.0 Å². The first-order valence-corrected chi connectivity index (χ1v) is 8.72. The Balaban J connectivity index is 1.63. The van der Waals surface area contributed by atoms with Crippen LogP contribution >= 0.6 is 0 Å². The number of aliphatic hydroxyl groups excluding tert-OH is 1. The third kappa shape index (κ3) is 2.25. The number of rotatable bonds is 3. The second kappa shape index (κ2) is 5.75. The van der Waals surface area contributed by atoms with Crippen molar-refractivity contribution in [2.75, 3.05) is 6.61 Å². The molecule has 3 fully saturated rings. The Hall–Kier alpha value is -2.50. The molecule has 0 amide bonds. The molecule has 4 atom stereocenters.